The minimum absolute atomic E-state index is 0.00432. The van der Waals surface area contributed by atoms with Gasteiger partial charge in [0.1, 0.15) is 5.75 Å². The maximum atomic E-state index is 12.6. The standard InChI is InChI=1S/C21H20ClN3O4/c22-16-7-3-14(4-8-16)20-23-19(24-29-20)13-28-18-9-5-15(6-10-18)21(27)25-11-1-2-17(25)12-26/h3-10,17,26H,1-2,11-13H2/t17-/m1/s1. The molecule has 3 aromatic rings. The molecule has 150 valence electrons. The van der Waals surface area contributed by atoms with Crippen LogP contribution < -0.4 is 4.74 Å². The lowest BCUT2D eigenvalue weighted by Crippen LogP contribution is -2.37. The van der Waals surface area contributed by atoms with E-state index in [2.05, 4.69) is 10.1 Å². The molecule has 0 aliphatic carbocycles. The molecule has 4 rings (SSSR count). The molecule has 1 aliphatic heterocycles. The van der Waals surface area contributed by atoms with Gasteiger partial charge in [-0.25, -0.2) is 0 Å². The van der Waals surface area contributed by atoms with E-state index in [4.69, 9.17) is 20.9 Å². The molecule has 7 nitrogen and oxygen atoms in total. The first kappa shape index (κ1) is 19.4. The number of halogens is 1. The van der Waals surface area contributed by atoms with Crippen LogP contribution in [0.5, 0.6) is 5.75 Å². The number of hydrogen-bond acceptors (Lipinski definition) is 6. The van der Waals surface area contributed by atoms with E-state index in [1.165, 1.54) is 0 Å². The molecule has 0 spiro atoms. The highest BCUT2D eigenvalue weighted by Crippen LogP contribution is 2.22. The molecule has 0 bridgehead atoms. The third-order valence-electron chi connectivity index (χ3n) is 4.88. The summed E-state index contributed by atoms with van der Waals surface area (Å²) in [5.74, 6) is 1.33. The van der Waals surface area contributed by atoms with Crippen molar-refractivity contribution in [2.24, 2.45) is 0 Å². The van der Waals surface area contributed by atoms with E-state index in [-0.39, 0.29) is 25.2 Å². The molecule has 2 heterocycles. The summed E-state index contributed by atoms with van der Waals surface area (Å²) in [7, 11) is 0. The second-order valence-corrected chi connectivity index (χ2v) is 7.25. The van der Waals surface area contributed by atoms with Crippen molar-refractivity contribution in [2.75, 3.05) is 13.2 Å². The molecule has 2 aromatic carbocycles. The van der Waals surface area contributed by atoms with Gasteiger partial charge in [0.25, 0.3) is 11.8 Å². The van der Waals surface area contributed by atoms with Gasteiger partial charge in [0.2, 0.25) is 5.82 Å². The van der Waals surface area contributed by atoms with Crippen molar-refractivity contribution in [3.63, 3.8) is 0 Å². The lowest BCUT2D eigenvalue weighted by molar-refractivity contribution is 0.0677. The van der Waals surface area contributed by atoms with E-state index in [1.54, 1.807) is 53.4 Å². The minimum Gasteiger partial charge on any atom is -0.485 e. The monoisotopic (exact) mass is 413 g/mol. The van der Waals surface area contributed by atoms with Crippen LogP contribution in [0, 0.1) is 0 Å². The maximum Gasteiger partial charge on any atom is 0.258 e. The van der Waals surface area contributed by atoms with Crippen molar-refractivity contribution >= 4 is 17.5 Å². The molecule has 1 N–H and O–H groups in total. The van der Waals surface area contributed by atoms with Gasteiger partial charge < -0.3 is 19.3 Å². The summed E-state index contributed by atoms with van der Waals surface area (Å²) >= 11 is 5.88. The Morgan fingerprint density at radius 2 is 1.97 bits per heavy atom. The van der Waals surface area contributed by atoms with Gasteiger partial charge in [-0.05, 0) is 61.4 Å². The number of ether oxygens (including phenoxy) is 1. The van der Waals surface area contributed by atoms with Gasteiger partial charge in [0.15, 0.2) is 6.61 Å². The fourth-order valence-electron chi connectivity index (χ4n) is 3.32. The van der Waals surface area contributed by atoms with Crippen LogP contribution in [-0.2, 0) is 6.61 Å². The molecule has 1 atom stereocenters. The molecule has 1 saturated heterocycles. The Kier molecular flexibility index (Phi) is 5.78. The maximum absolute atomic E-state index is 12.6. The summed E-state index contributed by atoms with van der Waals surface area (Å²) < 4.78 is 10.9. The fraction of sp³-hybridized carbons (Fsp3) is 0.286. The van der Waals surface area contributed by atoms with E-state index >= 15 is 0 Å². The first-order valence-corrected chi connectivity index (χ1v) is 9.75. The molecular formula is C21H20ClN3O4. The van der Waals surface area contributed by atoms with Crippen molar-refractivity contribution < 1.29 is 19.2 Å². The first-order valence-electron chi connectivity index (χ1n) is 9.37. The molecule has 0 saturated carbocycles. The van der Waals surface area contributed by atoms with Crippen LogP contribution in [0.1, 0.15) is 29.0 Å². The van der Waals surface area contributed by atoms with E-state index in [1.807, 2.05) is 0 Å². The number of carbonyl (C=O) groups excluding carboxylic acids is 1. The van der Waals surface area contributed by atoms with Gasteiger partial charge in [-0.3, -0.25) is 4.79 Å². The van der Waals surface area contributed by atoms with Crippen LogP contribution in [0.4, 0.5) is 0 Å². The van der Waals surface area contributed by atoms with Gasteiger partial charge in [0, 0.05) is 22.7 Å². The van der Waals surface area contributed by atoms with E-state index in [0.717, 1.165) is 18.4 Å². The normalized spacial score (nSPS) is 16.2. The number of likely N-dealkylation sites (tertiary alicyclic amines) is 1. The van der Waals surface area contributed by atoms with Gasteiger partial charge in [-0.1, -0.05) is 16.8 Å². The highest BCUT2D eigenvalue weighted by molar-refractivity contribution is 6.30. The Bertz CT molecular complexity index is 972. The number of nitrogens with zero attached hydrogens (tertiary/aromatic N) is 3. The minimum atomic E-state index is -0.0912. The average molecular weight is 414 g/mol. The number of benzene rings is 2. The Labute approximate surface area is 172 Å². The second kappa shape index (κ2) is 8.63. The molecule has 0 radical (unpaired) electrons. The van der Waals surface area contributed by atoms with Crippen molar-refractivity contribution in [2.45, 2.75) is 25.5 Å². The summed E-state index contributed by atoms with van der Waals surface area (Å²) in [5, 5.41) is 14.0. The molecule has 29 heavy (non-hydrogen) atoms. The highest BCUT2D eigenvalue weighted by atomic mass is 35.5. The van der Waals surface area contributed by atoms with Crippen LogP contribution in [-0.4, -0.2) is 45.2 Å². The van der Waals surface area contributed by atoms with Crippen LogP contribution >= 0.6 is 11.6 Å². The van der Waals surface area contributed by atoms with E-state index in [0.29, 0.717) is 34.6 Å². The summed E-state index contributed by atoms with van der Waals surface area (Å²) in [4.78, 5) is 18.6. The number of aliphatic hydroxyl groups excluding tert-OH is 1. The Morgan fingerprint density at radius 3 is 2.69 bits per heavy atom. The highest BCUT2D eigenvalue weighted by Gasteiger charge is 2.28. The van der Waals surface area contributed by atoms with Crippen molar-refractivity contribution in [3.8, 4) is 17.2 Å². The van der Waals surface area contributed by atoms with Gasteiger partial charge in [0.05, 0.1) is 12.6 Å². The van der Waals surface area contributed by atoms with Gasteiger partial charge in [-0.15, -0.1) is 0 Å². The van der Waals surface area contributed by atoms with Crippen molar-refractivity contribution in [3.05, 3.63) is 64.9 Å². The Balaban J connectivity index is 1.36. The lowest BCUT2D eigenvalue weighted by Gasteiger charge is -2.23. The number of aliphatic hydroxyl groups is 1. The molecule has 8 heteroatoms. The summed E-state index contributed by atoms with van der Waals surface area (Å²) in [6, 6.07) is 13.9. The summed E-state index contributed by atoms with van der Waals surface area (Å²) in [6.45, 7) is 0.814. The summed E-state index contributed by atoms with van der Waals surface area (Å²) in [5.41, 5.74) is 1.35. The summed E-state index contributed by atoms with van der Waals surface area (Å²) in [6.07, 6.45) is 1.76. The molecule has 0 unspecified atom stereocenters. The van der Waals surface area contributed by atoms with E-state index < -0.39 is 0 Å². The Hall–Kier alpha value is -2.90. The third-order valence-corrected chi connectivity index (χ3v) is 5.13. The Morgan fingerprint density at radius 1 is 1.21 bits per heavy atom. The topological polar surface area (TPSA) is 88.7 Å². The van der Waals surface area contributed by atoms with Crippen molar-refractivity contribution in [1.82, 2.24) is 15.0 Å². The van der Waals surface area contributed by atoms with E-state index in [9.17, 15) is 9.90 Å². The molecular weight excluding hydrogens is 394 g/mol. The van der Waals surface area contributed by atoms with Crippen LogP contribution in [0.25, 0.3) is 11.5 Å². The third kappa shape index (κ3) is 4.41. The van der Waals surface area contributed by atoms with Gasteiger partial charge >= 0.3 is 0 Å². The molecule has 1 amide bonds. The average Bonchev–Trinajstić information content (AvgIpc) is 3.42. The number of aromatic nitrogens is 2. The zero-order valence-corrected chi connectivity index (χ0v) is 16.4. The number of carbonyl (C=O) groups is 1. The molecule has 1 aromatic heterocycles. The zero-order valence-electron chi connectivity index (χ0n) is 15.6. The van der Waals surface area contributed by atoms with Crippen LogP contribution in [0.15, 0.2) is 53.1 Å². The van der Waals surface area contributed by atoms with Crippen molar-refractivity contribution in [1.29, 1.82) is 0 Å². The van der Waals surface area contributed by atoms with Crippen LogP contribution in [0.2, 0.25) is 5.02 Å². The quantitative estimate of drug-likeness (QED) is 0.664. The SMILES string of the molecule is O=C(c1ccc(OCc2noc(-c3ccc(Cl)cc3)n2)cc1)N1CCC[C@@H]1CO. The number of amides is 1. The first-order chi connectivity index (χ1) is 14.1. The predicted molar refractivity (Wildman–Crippen MR) is 107 cm³/mol. The number of rotatable bonds is 6. The number of hydrogen-bond donors (Lipinski definition) is 1. The van der Waals surface area contributed by atoms with Crippen LogP contribution in [0.3, 0.4) is 0 Å². The smallest absolute Gasteiger partial charge is 0.258 e. The van der Waals surface area contributed by atoms with Gasteiger partial charge in [-0.2, -0.15) is 4.98 Å². The fourth-order valence-corrected chi connectivity index (χ4v) is 3.45. The molecule has 1 aliphatic rings. The molecule has 1 fully saturated rings. The zero-order chi connectivity index (χ0) is 20.2. The predicted octanol–water partition coefficient (Wildman–Crippen LogP) is 3.57. The second-order valence-electron chi connectivity index (χ2n) is 6.81. The lowest BCUT2D eigenvalue weighted by atomic mass is 10.1. The largest absolute Gasteiger partial charge is 0.485 e.